The minimum atomic E-state index is -3.76. The summed E-state index contributed by atoms with van der Waals surface area (Å²) >= 11 is 6.81. The maximum Gasteiger partial charge on any atom is 0.296 e. The highest BCUT2D eigenvalue weighted by Gasteiger charge is 2.38. The van der Waals surface area contributed by atoms with Crippen LogP contribution in [0.4, 0.5) is 5.69 Å². The van der Waals surface area contributed by atoms with Crippen molar-refractivity contribution in [2.45, 2.75) is 32.1 Å². The standard InChI is InChI=1S/C37H36N6O4S3/c1-24-18-25(2)22-40(21-24)50(46,47)31-17-11-12-27(19-31)33-28(23-41(38-33)29-13-7-5-8-14-29)20-32-35(44)42(37(48)49-32)34-26(3)39(4)43(36(34)45)30-15-9-6-10-16-30/h5-17,19-20,23-25H,18,21-22H2,1-4H3/b32-20-. The van der Waals surface area contributed by atoms with E-state index in [1.54, 1.807) is 51.9 Å². The van der Waals surface area contributed by atoms with Crippen molar-refractivity contribution in [3.63, 3.8) is 0 Å². The number of sulfonamides is 1. The highest BCUT2D eigenvalue weighted by molar-refractivity contribution is 8.27. The first-order valence-electron chi connectivity index (χ1n) is 16.3. The van der Waals surface area contributed by atoms with Crippen LogP contribution in [-0.2, 0) is 21.9 Å². The van der Waals surface area contributed by atoms with Crippen molar-refractivity contribution in [2.75, 3.05) is 18.0 Å². The number of aromatic nitrogens is 4. The molecular formula is C37H36N6O4S3. The Morgan fingerprint density at radius 3 is 2.20 bits per heavy atom. The number of para-hydroxylation sites is 2. The SMILES string of the molecule is Cc1c(N2C(=O)/C(=C/c3cn(-c4ccccc4)nc3-c3cccc(S(=O)(=O)N4CC(C)CC(C)C4)c3)SC2=S)c(=O)n(-c2ccccc2)n1C. The molecule has 2 aromatic heterocycles. The fourth-order valence-corrected chi connectivity index (χ4v) is 9.79. The van der Waals surface area contributed by atoms with Crippen LogP contribution in [0.25, 0.3) is 28.7 Å². The van der Waals surface area contributed by atoms with Crippen LogP contribution in [0.1, 0.15) is 31.5 Å². The minimum absolute atomic E-state index is 0.192. The minimum Gasteiger partial charge on any atom is -0.283 e. The molecule has 2 fully saturated rings. The number of hydrogen-bond acceptors (Lipinski definition) is 7. The molecule has 0 saturated carbocycles. The van der Waals surface area contributed by atoms with E-state index in [-0.39, 0.29) is 32.3 Å². The second-order valence-electron chi connectivity index (χ2n) is 12.9. The molecule has 2 unspecified atom stereocenters. The second kappa shape index (κ2) is 13.3. The Labute approximate surface area is 300 Å². The van der Waals surface area contributed by atoms with Crippen molar-refractivity contribution in [3.8, 4) is 22.6 Å². The molecule has 2 atom stereocenters. The average Bonchev–Trinajstić information content (AvgIpc) is 3.72. The van der Waals surface area contributed by atoms with Gasteiger partial charge in [-0.05, 0) is 67.7 Å². The third kappa shape index (κ3) is 6.08. The summed E-state index contributed by atoms with van der Waals surface area (Å²) in [6.45, 7) is 6.90. The highest BCUT2D eigenvalue weighted by Crippen LogP contribution is 2.38. The smallest absolute Gasteiger partial charge is 0.283 e. The molecule has 1 amide bonds. The first-order chi connectivity index (χ1) is 23.9. The summed E-state index contributed by atoms with van der Waals surface area (Å²) in [6, 6.07) is 25.6. The van der Waals surface area contributed by atoms with Crippen molar-refractivity contribution in [3.05, 3.63) is 118 Å². The van der Waals surface area contributed by atoms with Gasteiger partial charge < -0.3 is 0 Å². The van der Waals surface area contributed by atoms with E-state index in [2.05, 4.69) is 13.8 Å². The summed E-state index contributed by atoms with van der Waals surface area (Å²) in [6.07, 6.45) is 4.51. The van der Waals surface area contributed by atoms with Gasteiger partial charge in [0.05, 0.1) is 26.9 Å². The van der Waals surface area contributed by atoms with Crippen molar-refractivity contribution in [1.29, 1.82) is 0 Å². The molecule has 3 aromatic carbocycles. The molecule has 256 valence electrons. The number of piperidine rings is 1. The fourth-order valence-electron chi connectivity index (χ4n) is 6.80. The van der Waals surface area contributed by atoms with E-state index >= 15 is 0 Å². The van der Waals surface area contributed by atoms with E-state index < -0.39 is 15.9 Å². The van der Waals surface area contributed by atoms with E-state index in [9.17, 15) is 18.0 Å². The lowest BCUT2D eigenvalue weighted by atomic mass is 9.94. The van der Waals surface area contributed by atoms with Crippen LogP contribution in [0.15, 0.2) is 106 Å². The number of thioether (sulfide) groups is 1. The molecule has 10 nitrogen and oxygen atoms in total. The Morgan fingerprint density at radius 2 is 1.54 bits per heavy atom. The summed E-state index contributed by atoms with van der Waals surface area (Å²) in [4.78, 5) is 29.7. The van der Waals surface area contributed by atoms with Crippen LogP contribution in [0.3, 0.4) is 0 Å². The number of amides is 1. The fraction of sp³-hybridized carbons (Fsp3) is 0.243. The molecule has 13 heteroatoms. The topological polar surface area (TPSA) is 102 Å². The number of carbonyl (C=O) groups is 1. The van der Waals surface area contributed by atoms with Crippen LogP contribution < -0.4 is 10.5 Å². The van der Waals surface area contributed by atoms with Crippen molar-refractivity contribution >= 4 is 56.0 Å². The highest BCUT2D eigenvalue weighted by atomic mass is 32.2. The quantitative estimate of drug-likeness (QED) is 0.141. The van der Waals surface area contributed by atoms with Crippen molar-refractivity contribution < 1.29 is 13.2 Å². The van der Waals surface area contributed by atoms with Gasteiger partial charge in [0.1, 0.15) is 11.4 Å². The zero-order valence-electron chi connectivity index (χ0n) is 28.1. The van der Waals surface area contributed by atoms with Gasteiger partial charge in [0.15, 0.2) is 4.32 Å². The number of nitrogens with zero attached hydrogens (tertiary/aromatic N) is 6. The Hall–Kier alpha value is -4.56. The van der Waals surface area contributed by atoms with Crippen LogP contribution >= 0.6 is 24.0 Å². The maximum atomic E-state index is 14.1. The first-order valence-corrected chi connectivity index (χ1v) is 19.0. The third-order valence-corrected chi connectivity index (χ3v) is 12.3. The monoisotopic (exact) mass is 724 g/mol. The third-order valence-electron chi connectivity index (χ3n) is 9.17. The number of carbonyl (C=O) groups excluding carboxylic acids is 1. The first kappa shape index (κ1) is 33.9. The van der Waals surface area contributed by atoms with E-state index in [1.165, 1.54) is 9.58 Å². The van der Waals surface area contributed by atoms with Gasteiger partial charge in [-0.3, -0.25) is 19.2 Å². The molecule has 0 N–H and O–H groups in total. The molecule has 5 aromatic rings. The molecule has 2 aliphatic rings. The van der Waals surface area contributed by atoms with E-state index in [4.69, 9.17) is 17.3 Å². The van der Waals surface area contributed by atoms with Gasteiger partial charge in [0.2, 0.25) is 10.0 Å². The lowest BCUT2D eigenvalue weighted by Gasteiger charge is -2.34. The predicted molar refractivity (Wildman–Crippen MR) is 202 cm³/mol. The lowest BCUT2D eigenvalue weighted by molar-refractivity contribution is -0.113. The van der Waals surface area contributed by atoms with E-state index in [0.717, 1.165) is 23.9 Å². The largest absolute Gasteiger partial charge is 0.296 e. The van der Waals surface area contributed by atoms with Crippen LogP contribution in [-0.4, -0.2) is 55.2 Å². The van der Waals surface area contributed by atoms with Gasteiger partial charge in [0, 0.05) is 37.5 Å². The molecule has 0 spiro atoms. The molecular weight excluding hydrogens is 689 g/mol. The van der Waals surface area contributed by atoms with Gasteiger partial charge in [-0.1, -0.05) is 86.4 Å². The molecule has 2 aliphatic heterocycles. The molecule has 50 heavy (non-hydrogen) atoms. The summed E-state index contributed by atoms with van der Waals surface area (Å²) in [5.74, 6) is 0.114. The van der Waals surface area contributed by atoms with Gasteiger partial charge in [-0.25, -0.2) is 17.8 Å². The number of hydrogen-bond donors (Lipinski definition) is 0. The normalized spacial score (nSPS) is 19.5. The van der Waals surface area contributed by atoms with E-state index in [1.807, 2.05) is 72.9 Å². The van der Waals surface area contributed by atoms with Crippen molar-refractivity contribution in [2.24, 2.45) is 18.9 Å². The number of rotatable bonds is 7. The Kier molecular flexibility index (Phi) is 9.01. The van der Waals surface area contributed by atoms with Crippen LogP contribution in [0.5, 0.6) is 0 Å². The predicted octanol–water partition coefficient (Wildman–Crippen LogP) is 6.41. The molecule has 2 saturated heterocycles. The number of anilines is 1. The summed E-state index contributed by atoms with van der Waals surface area (Å²) in [7, 11) is -1.99. The van der Waals surface area contributed by atoms with Crippen molar-refractivity contribution in [1.82, 2.24) is 23.4 Å². The Bertz CT molecular complexity index is 2320. The summed E-state index contributed by atoms with van der Waals surface area (Å²) in [5.41, 5.74) is 3.57. The maximum absolute atomic E-state index is 14.1. The molecule has 4 heterocycles. The second-order valence-corrected chi connectivity index (χ2v) is 16.6. The van der Waals surface area contributed by atoms with Crippen LogP contribution in [0.2, 0.25) is 0 Å². The van der Waals surface area contributed by atoms with Gasteiger partial charge >= 0.3 is 0 Å². The zero-order valence-corrected chi connectivity index (χ0v) is 30.5. The molecule has 0 aliphatic carbocycles. The molecule has 7 rings (SSSR count). The Morgan fingerprint density at radius 1 is 0.900 bits per heavy atom. The molecule has 0 radical (unpaired) electrons. The summed E-state index contributed by atoms with van der Waals surface area (Å²) in [5, 5.41) is 4.89. The zero-order chi connectivity index (χ0) is 35.3. The average molecular weight is 725 g/mol. The van der Waals surface area contributed by atoms with Gasteiger partial charge in [-0.15, -0.1) is 0 Å². The van der Waals surface area contributed by atoms with Crippen LogP contribution in [0, 0.1) is 18.8 Å². The lowest BCUT2D eigenvalue weighted by Crippen LogP contribution is -2.42. The molecule has 0 bridgehead atoms. The van der Waals surface area contributed by atoms with E-state index in [0.29, 0.717) is 46.2 Å². The van der Waals surface area contributed by atoms with Gasteiger partial charge in [0.25, 0.3) is 11.5 Å². The summed E-state index contributed by atoms with van der Waals surface area (Å²) < 4.78 is 34.5. The number of thiocarbonyl (C=S) groups is 1. The van der Waals surface area contributed by atoms with Gasteiger partial charge in [-0.2, -0.15) is 9.40 Å². The Balaban J connectivity index is 1.30. The number of benzene rings is 3.